The number of likely N-dealkylation sites (tertiary alicyclic amines) is 1. The van der Waals surface area contributed by atoms with Gasteiger partial charge in [-0.3, -0.25) is 9.88 Å². The fourth-order valence-corrected chi connectivity index (χ4v) is 3.09. The molecule has 0 saturated carbocycles. The van der Waals surface area contributed by atoms with Crippen molar-refractivity contribution in [1.82, 2.24) is 14.9 Å². The molecule has 1 aliphatic rings. The maximum absolute atomic E-state index is 11.5. The van der Waals surface area contributed by atoms with Crippen molar-refractivity contribution >= 4 is 5.97 Å². The zero-order valence-corrected chi connectivity index (χ0v) is 13.0. The van der Waals surface area contributed by atoms with Gasteiger partial charge in [0, 0.05) is 18.4 Å². The minimum Gasteiger partial charge on any atom is -0.464 e. The molecule has 1 saturated heterocycles. The average molecular weight is 299 g/mol. The number of esters is 1. The number of H-pyrrole nitrogens is 1. The Kier molecular flexibility index (Phi) is 4.24. The SMILES string of the molecule is COC(=O)c1cc(CN2CCC[C@H]2c2cccc(C)n2)c[nH]1. The normalized spacial score (nSPS) is 18.5. The first-order valence-corrected chi connectivity index (χ1v) is 7.60. The first kappa shape index (κ1) is 14.8. The van der Waals surface area contributed by atoms with E-state index in [1.807, 2.05) is 25.3 Å². The Labute approximate surface area is 130 Å². The number of nitrogens with one attached hydrogen (secondary N) is 1. The standard InChI is InChI=1S/C17H21N3O2/c1-12-5-3-6-14(19-12)16-7-4-8-20(16)11-13-9-15(18-10-13)17(21)22-2/h3,5-6,9-10,16,18H,4,7-8,11H2,1-2H3/t16-/m0/s1. The van der Waals surface area contributed by atoms with E-state index in [1.54, 1.807) is 0 Å². The zero-order chi connectivity index (χ0) is 15.5. The number of hydrogen-bond donors (Lipinski definition) is 1. The Morgan fingerprint density at radius 2 is 2.36 bits per heavy atom. The summed E-state index contributed by atoms with van der Waals surface area (Å²) in [5, 5.41) is 0. The van der Waals surface area contributed by atoms with Crippen molar-refractivity contribution in [3.05, 3.63) is 53.1 Å². The highest BCUT2D eigenvalue weighted by Gasteiger charge is 2.27. The van der Waals surface area contributed by atoms with Crippen LogP contribution in [-0.2, 0) is 11.3 Å². The zero-order valence-electron chi connectivity index (χ0n) is 13.0. The predicted molar refractivity (Wildman–Crippen MR) is 83.5 cm³/mol. The molecule has 22 heavy (non-hydrogen) atoms. The average Bonchev–Trinajstić information content (AvgIpc) is 3.16. The molecule has 0 amide bonds. The van der Waals surface area contributed by atoms with Gasteiger partial charge < -0.3 is 9.72 Å². The summed E-state index contributed by atoms with van der Waals surface area (Å²) >= 11 is 0. The van der Waals surface area contributed by atoms with Crippen LogP contribution in [0.15, 0.2) is 30.5 Å². The molecule has 0 aliphatic carbocycles. The van der Waals surface area contributed by atoms with Crippen LogP contribution in [0, 0.1) is 6.92 Å². The van der Waals surface area contributed by atoms with Crippen molar-refractivity contribution < 1.29 is 9.53 Å². The van der Waals surface area contributed by atoms with E-state index in [0.717, 1.165) is 36.5 Å². The Morgan fingerprint density at radius 3 is 3.14 bits per heavy atom. The van der Waals surface area contributed by atoms with Gasteiger partial charge in [0.05, 0.1) is 18.8 Å². The van der Waals surface area contributed by atoms with Gasteiger partial charge in [0.25, 0.3) is 0 Å². The molecule has 3 rings (SSSR count). The van der Waals surface area contributed by atoms with Crippen molar-refractivity contribution in [3.63, 3.8) is 0 Å². The van der Waals surface area contributed by atoms with Crippen LogP contribution in [0.25, 0.3) is 0 Å². The van der Waals surface area contributed by atoms with E-state index in [-0.39, 0.29) is 5.97 Å². The minimum atomic E-state index is -0.329. The van der Waals surface area contributed by atoms with Crippen molar-refractivity contribution in [2.75, 3.05) is 13.7 Å². The molecule has 0 unspecified atom stereocenters. The second-order valence-corrected chi connectivity index (χ2v) is 5.75. The molecule has 2 aromatic rings. The van der Waals surface area contributed by atoms with Crippen LogP contribution in [0.1, 0.15) is 46.3 Å². The molecule has 1 atom stereocenters. The van der Waals surface area contributed by atoms with Crippen molar-refractivity contribution in [2.45, 2.75) is 32.4 Å². The number of nitrogens with zero attached hydrogens (tertiary/aromatic N) is 2. The second kappa shape index (κ2) is 6.32. The number of hydrogen-bond acceptors (Lipinski definition) is 4. The number of ether oxygens (including phenoxy) is 1. The van der Waals surface area contributed by atoms with Crippen LogP contribution >= 0.6 is 0 Å². The molecule has 116 valence electrons. The van der Waals surface area contributed by atoms with Crippen LogP contribution in [0.2, 0.25) is 0 Å². The van der Waals surface area contributed by atoms with Crippen LogP contribution in [0.4, 0.5) is 0 Å². The Balaban J connectivity index is 1.74. The number of carbonyl (C=O) groups excluding carboxylic acids is 1. The number of methoxy groups -OCH3 is 1. The number of aryl methyl sites for hydroxylation is 1. The van der Waals surface area contributed by atoms with Crippen LogP contribution in [0.3, 0.4) is 0 Å². The maximum Gasteiger partial charge on any atom is 0.354 e. The molecule has 1 fully saturated rings. The summed E-state index contributed by atoms with van der Waals surface area (Å²) in [6, 6.07) is 8.42. The lowest BCUT2D eigenvalue weighted by Crippen LogP contribution is -2.23. The number of carbonyl (C=O) groups is 1. The lowest BCUT2D eigenvalue weighted by Gasteiger charge is -2.23. The van der Waals surface area contributed by atoms with E-state index >= 15 is 0 Å². The molecule has 0 aromatic carbocycles. The summed E-state index contributed by atoms with van der Waals surface area (Å²) in [4.78, 5) is 21.6. The molecule has 3 heterocycles. The van der Waals surface area contributed by atoms with Gasteiger partial charge in [-0.25, -0.2) is 4.79 Å². The third-order valence-corrected chi connectivity index (χ3v) is 4.15. The summed E-state index contributed by atoms with van der Waals surface area (Å²) in [6.07, 6.45) is 4.19. The fraction of sp³-hybridized carbons (Fsp3) is 0.412. The molecule has 0 spiro atoms. The minimum absolute atomic E-state index is 0.329. The van der Waals surface area contributed by atoms with Gasteiger partial charge in [-0.1, -0.05) is 6.07 Å². The van der Waals surface area contributed by atoms with Gasteiger partial charge in [-0.15, -0.1) is 0 Å². The monoisotopic (exact) mass is 299 g/mol. The van der Waals surface area contributed by atoms with Gasteiger partial charge in [-0.05, 0) is 50.1 Å². The Morgan fingerprint density at radius 1 is 1.50 bits per heavy atom. The molecule has 1 N–H and O–H groups in total. The van der Waals surface area contributed by atoms with E-state index in [4.69, 9.17) is 4.74 Å². The largest absolute Gasteiger partial charge is 0.464 e. The highest BCUT2D eigenvalue weighted by Crippen LogP contribution is 2.32. The predicted octanol–water partition coefficient (Wildman–Crippen LogP) is 2.84. The molecule has 0 bridgehead atoms. The van der Waals surface area contributed by atoms with Gasteiger partial charge in [0.1, 0.15) is 5.69 Å². The smallest absolute Gasteiger partial charge is 0.354 e. The second-order valence-electron chi connectivity index (χ2n) is 5.75. The van der Waals surface area contributed by atoms with E-state index in [1.165, 1.54) is 13.5 Å². The maximum atomic E-state index is 11.5. The molecular formula is C17H21N3O2. The van der Waals surface area contributed by atoms with E-state index in [9.17, 15) is 4.79 Å². The van der Waals surface area contributed by atoms with Crippen LogP contribution in [0.5, 0.6) is 0 Å². The number of rotatable bonds is 4. The Bertz CT molecular complexity index is 665. The van der Waals surface area contributed by atoms with Gasteiger partial charge in [0.2, 0.25) is 0 Å². The number of aromatic nitrogens is 2. The lowest BCUT2D eigenvalue weighted by atomic mass is 10.1. The first-order chi connectivity index (χ1) is 10.7. The van der Waals surface area contributed by atoms with Crippen molar-refractivity contribution in [3.8, 4) is 0 Å². The molecule has 5 nitrogen and oxygen atoms in total. The molecule has 5 heteroatoms. The first-order valence-electron chi connectivity index (χ1n) is 7.60. The summed E-state index contributed by atoms with van der Waals surface area (Å²) in [6.45, 7) is 3.89. The lowest BCUT2D eigenvalue weighted by molar-refractivity contribution is 0.0595. The molecule has 2 aromatic heterocycles. The van der Waals surface area contributed by atoms with Gasteiger partial charge in [-0.2, -0.15) is 0 Å². The summed E-state index contributed by atoms with van der Waals surface area (Å²) < 4.78 is 4.73. The highest BCUT2D eigenvalue weighted by molar-refractivity contribution is 5.87. The molecular weight excluding hydrogens is 278 g/mol. The number of pyridine rings is 1. The van der Waals surface area contributed by atoms with E-state index in [0.29, 0.717) is 11.7 Å². The number of aromatic amines is 1. The van der Waals surface area contributed by atoms with Crippen LogP contribution < -0.4 is 0 Å². The third-order valence-electron chi connectivity index (χ3n) is 4.15. The quantitative estimate of drug-likeness (QED) is 0.882. The van der Waals surface area contributed by atoms with Crippen LogP contribution in [-0.4, -0.2) is 34.5 Å². The summed E-state index contributed by atoms with van der Waals surface area (Å²) in [7, 11) is 1.39. The Hall–Kier alpha value is -2.14. The van der Waals surface area contributed by atoms with Gasteiger partial charge >= 0.3 is 5.97 Å². The topological polar surface area (TPSA) is 58.2 Å². The van der Waals surface area contributed by atoms with E-state index < -0.39 is 0 Å². The highest BCUT2D eigenvalue weighted by atomic mass is 16.5. The summed E-state index contributed by atoms with van der Waals surface area (Å²) in [5.74, 6) is -0.329. The van der Waals surface area contributed by atoms with Crippen molar-refractivity contribution in [2.24, 2.45) is 0 Å². The van der Waals surface area contributed by atoms with Crippen molar-refractivity contribution in [1.29, 1.82) is 0 Å². The third kappa shape index (κ3) is 3.04. The summed E-state index contributed by atoms with van der Waals surface area (Å²) in [5.41, 5.74) is 3.79. The van der Waals surface area contributed by atoms with E-state index in [2.05, 4.69) is 27.0 Å². The fourth-order valence-electron chi connectivity index (χ4n) is 3.09. The molecule has 0 radical (unpaired) electrons. The molecule has 1 aliphatic heterocycles. The van der Waals surface area contributed by atoms with Gasteiger partial charge in [0.15, 0.2) is 0 Å².